The number of aromatic nitrogens is 5. The molecule has 1 saturated heterocycles. The lowest BCUT2D eigenvalue weighted by Crippen LogP contribution is -2.40. The number of carbonyl (C=O) groups excluding carboxylic acids is 1. The van der Waals surface area contributed by atoms with Crippen molar-refractivity contribution in [3.05, 3.63) is 86.4 Å². The average Bonchev–Trinajstić information content (AvgIpc) is 3.22. The number of likely N-dealkylation sites (tertiary alicyclic amines) is 1. The number of aryl methyl sites for hydroxylation is 1. The second-order valence-electron chi connectivity index (χ2n) is 8.43. The molecular weight excluding hydrogens is 440 g/mol. The van der Waals surface area contributed by atoms with Gasteiger partial charge in [0.25, 0.3) is 11.5 Å². The molecule has 0 unspecified atom stereocenters. The SMILES string of the molecule is Cc1cccc(Cn2nnc3c(=O)[nH]c([C@H]4CCCN(C(=O)c5ccccc5Cl)C4)nc32)c1. The molecule has 3 heterocycles. The summed E-state index contributed by atoms with van der Waals surface area (Å²) in [6.07, 6.45) is 1.63. The number of halogens is 1. The number of hydrogen-bond acceptors (Lipinski definition) is 5. The summed E-state index contributed by atoms with van der Waals surface area (Å²) < 4.78 is 1.65. The largest absolute Gasteiger partial charge is 0.338 e. The lowest BCUT2D eigenvalue weighted by Gasteiger charge is -2.32. The van der Waals surface area contributed by atoms with Gasteiger partial charge in [0.2, 0.25) is 0 Å². The van der Waals surface area contributed by atoms with Crippen molar-refractivity contribution in [1.82, 2.24) is 29.9 Å². The van der Waals surface area contributed by atoms with Crippen molar-refractivity contribution in [3.8, 4) is 0 Å². The maximum Gasteiger partial charge on any atom is 0.281 e. The Labute approximate surface area is 195 Å². The maximum atomic E-state index is 13.0. The van der Waals surface area contributed by atoms with Gasteiger partial charge in [-0.3, -0.25) is 9.59 Å². The zero-order chi connectivity index (χ0) is 22.9. The fraction of sp³-hybridized carbons (Fsp3) is 0.292. The molecule has 1 aliphatic heterocycles. The van der Waals surface area contributed by atoms with Crippen molar-refractivity contribution in [1.29, 1.82) is 0 Å². The number of nitrogens with zero attached hydrogens (tertiary/aromatic N) is 5. The summed E-state index contributed by atoms with van der Waals surface area (Å²) in [5.74, 6) is 0.349. The Bertz CT molecular complexity index is 1400. The molecule has 5 rings (SSSR count). The van der Waals surface area contributed by atoms with Crippen molar-refractivity contribution in [3.63, 3.8) is 0 Å². The molecule has 0 saturated carbocycles. The monoisotopic (exact) mass is 462 g/mol. The summed E-state index contributed by atoms with van der Waals surface area (Å²) in [4.78, 5) is 35.2. The second-order valence-corrected chi connectivity index (χ2v) is 8.84. The highest BCUT2D eigenvalue weighted by Crippen LogP contribution is 2.27. The van der Waals surface area contributed by atoms with Crippen molar-refractivity contribution >= 4 is 28.7 Å². The quantitative estimate of drug-likeness (QED) is 0.500. The van der Waals surface area contributed by atoms with Crippen LogP contribution in [0, 0.1) is 6.92 Å². The molecule has 33 heavy (non-hydrogen) atoms. The highest BCUT2D eigenvalue weighted by atomic mass is 35.5. The topological polar surface area (TPSA) is 96.8 Å². The number of rotatable bonds is 4. The van der Waals surface area contributed by atoms with Crippen molar-refractivity contribution in [2.24, 2.45) is 0 Å². The van der Waals surface area contributed by atoms with Crippen LogP contribution in [0.5, 0.6) is 0 Å². The van der Waals surface area contributed by atoms with Crippen molar-refractivity contribution in [2.75, 3.05) is 13.1 Å². The van der Waals surface area contributed by atoms with E-state index in [1.807, 2.05) is 25.1 Å². The zero-order valence-electron chi connectivity index (χ0n) is 18.2. The number of nitrogens with one attached hydrogen (secondary N) is 1. The lowest BCUT2D eigenvalue weighted by molar-refractivity contribution is 0.0704. The van der Waals surface area contributed by atoms with Gasteiger partial charge in [-0.15, -0.1) is 5.10 Å². The van der Waals surface area contributed by atoms with Gasteiger partial charge in [0, 0.05) is 19.0 Å². The first-order valence-electron chi connectivity index (χ1n) is 10.9. The van der Waals surface area contributed by atoms with Crippen LogP contribution in [0.2, 0.25) is 5.02 Å². The predicted molar refractivity (Wildman–Crippen MR) is 126 cm³/mol. The van der Waals surface area contributed by atoms with Crippen LogP contribution in [0.3, 0.4) is 0 Å². The van der Waals surface area contributed by atoms with Crippen LogP contribution >= 0.6 is 11.6 Å². The van der Waals surface area contributed by atoms with Crippen LogP contribution in [0.4, 0.5) is 0 Å². The number of fused-ring (bicyclic) bond motifs is 1. The van der Waals surface area contributed by atoms with Gasteiger partial charge in [0.1, 0.15) is 5.82 Å². The lowest BCUT2D eigenvalue weighted by atomic mass is 9.96. The average molecular weight is 463 g/mol. The molecule has 0 bridgehead atoms. The Morgan fingerprint density at radius 3 is 2.88 bits per heavy atom. The van der Waals surface area contributed by atoms with E-state index in [1.54, 1.807) is 33.8 Å². The molecule has 8 nitrogen and oxygen atoms in total. The Balaban J connectivity index is 1.44. The summed E-state index contributed by atoms with van der Waals surface area (Å²) in [6, 6.07) is 15.1. The third-order valence-electron chi connectivity index (χ3n) is 6.01. The minimum absolute atomic E-state index is 0.0930. The number of H-pyrrole nitrogens is 1. The highest BCUT2D eigenvalue weighted by molar-refractivity contribution is 6.33. The summed E-state index contributed by atoms with van der Waals surface area (Å²) >= 11 is 6.24. The molecule has 1 fully saturated rings. The first kappa shape index (κ1) is 21.3. The summed E-state index contributed by atoms with van der Waals surface area (Å²) in [5, 5.41) is 8.64. The van der Waals surface area contributed by atoms with Crippen molar-refractivity contribution < 1.29 is 4.79 Å². The Morgan fingerprint density at radius 1 is 1.21 bits per heavy atom. The normalized spacial score (nSPS) is 16.3. The van der Waals surface area contributed by atoms with Crippen LogP contribution in [-0.2, 0) is 6.54 Å². The van der Waals surface area contributed by atoms with E-state index in [1.165, 1.54) is 0 Å². The van der Waals surface area contributed by atoms with Crippen LogP contribution in [0.25, 0.3) is 11.2 Å². The molecule has 9 heteroatoms. The molecule has 2 aromatic carbocycles. The van der Waals surface area contributed by atoms with E-state index in [0.717, 1.165) is 24.0 Å². The first-order chi connectivity index (χ1) is 16.0. The van der Waals surface area contributed by atoms with E-state index in [4.69, 9.17) is 16.6 Å². The molecular formula is C24H23ClN6O2. The van der Waals surface area contributed by atoms with Gasteiger partial charge < -0.3 is 9.88 Å². The van der Waals surface area contributed by atoms with Crippen LogP contribution in [0.15, 0.2) is 53.3 Å². The van der Waals surface area contributed by atoms with Crippen LogP contribution in [-0.4, -0.2) is 48.9 Å². The maximum absolute atomic E-state index is 13.0. The third-order valence-corrected chi connectivity index (χ3v) is 6.34. The zero-order valence-corrected chi connectivity index (χ0v) is 18.9. The summed E-state index contributed by atoms with van der Waals surface area (Å²) in [7, 11) is 0. The van der Waals surface area contributed by atoms with E-state index < -0.39 is 0 Å². The van der Waals surface area contributed by atoms with Crippen LogP contribution in [0.1, 0.15) is 46.1 Å². The number of hydrogen-bond donors (Lipinski definition) is 1. The van der Waals surface area contributed by atoms with Gasteiger partial charge in [0.15, 0.2) is 11.2 Å². The number of benzene rings is 2. The van der Waals surface area contributed by atoms with E-state index in [9.17, 15) is 9.59 Å². The smallest absolute Gasteiger partial charge is 0.281 e. The van der Waals surface area contributed by atoms with Crippen molar-refractivity contribution in [2.45, 2.75) is 32.2 Å². The van der Waals surface area contributed by atoms with Crippen LogP contribution < -0.4 is 5.56 Å². The molecule has 1 aliphatic rings. The minimum Gasteiger partial charge on any atom is -0.338 e. The molecule has 0 aliphatic carbocycles. The standard InChI is InChI=1S/C24H23ClN6O2/c1-15-6-4-7-16(12-15)13-31-22-20(28-29-31)23(32)27-21(26-22)17-8-5-11-30(14-17)24(33)18-9-2-3-10-19(18)25/h2-4,6-7,9-10,12,17H,5,8,11,13-14H2,1H3,(H,26,27,32)/t17-/m0/s1. The van der Waals surface area contributed by atoms with Gasteiger partial charge >= 0.3 is 0 Å². The second kappa shape index (κ2) is 8.78. The minimum atomic E-state index is -0.319. The molecule has 0 spiro atoms. The summed E-state index contributed by atoms with van der Waals surface area (Å²) in [6.45, 7) is 3.59. The molecule has 2 aromatic heterocycles. The fourth-order valence-corrected chi connectivity index (χ4v) is 4.57. The first-order valence-corrected chi connectivity index (χ1v) is 11.3. The highest BCUT2D eigenvalue weighted by Gasteiger charge is 2.28. The van der Waals surface area contributed by atoms with Gasteiger partial charge in [-0.2, -0.15) is 0 Å². The Hall–Kier alpha value is -3.52. The number of amides is 1. The number of aromatic amines is 1. The van der Waals surface area contributed by atoms with Gasteiger partial charge in [-0.05, 0) is 37.5 Å². The molecule has 1 N–H and O–H groups in total. The molecule has 1 atom stereocenters. The van der Waals surface area contributed by atoms with Gasteiger partial charge in [-0.25, -0.2) is 9.67 Å². The Morgan fingerprint density at radius 2 is 2.06 bits per heavy atom. The third kappa shape index (κ3) is 4.26. The Kier molecular flexibility index (Phi) is 5.68. The van der Waals surface area contributed by atoms with Gasteiger partial charge in [0.05, 0.1) is 17.1 Å². The van der Waals surface area contributed by atoms with E-state index in [2.05, 4.69) is 21.4 Å². The number of piperidine rings is 1. The van der Waals surface area contributed by atoms with Gasteiger partial charge in [-0.1, -0.05) is 58.8 Å². The van der Waals surface area contributed by atoms with E-state index >= 15 is 0 Å². The summed E-state index contributed by atoms with van der Waals surface area (Å²) in [5.41, 5.74) is 3.03. The predicted octanol–water partition coefficient (Wildman–Crippen LogP) is 3.54. The molecule has 4 aromatic rings. The fourth-order valence-electron chi connectivity index (χ4n) is 4.36. The number of carbonyl (C=O) groups is 1. The van der Waals surface area contributed by atoms with E-state index in [-0.39, 0.29) is 22.9 Å². The van der Waals surface area contributed by atoms with E-state index in [0.29, 0.717) is 41.7 Å². The molecule has 168 valence electrons. The molecule has 0 radical (unpaired) electrons. The molecule has 1 amide bonds.